The molecule has 0 aliphatic carbocycles. The summed E-state index contributed by atoms with van der Waals surface area (Å²) in [6.07, 6.45) is 1.53. The first-order valence-corrected chi connectivity index (χ1v) is 10.8. The van der Waals surface area contributed by atoms with Crippen LogP contribution < -0.4 is 9.62 Å². The average Bonchev–Trinajstić information content (AvgIpc) is 2.92. The average molecular weight is 415 g/mol. The molecule has 0 fully saturated rings. The molecule has 0 unspecified atom stereocenters. The monoisotopic (exact) mass is 415 g/mol. The number of fused-ring (bicyclic) bond motifs is 1. The second kappa shape index (κ2) is 8.04. The number of nitrogens with one attached hydrogen (secondary N) is 1. The summed E-state index contributed by atoms with van der Waals surface area (Å²) in [6, 6.07) is 13.1. The Balaban J connectivity index is 1.55. The normalized spacial score (nSPS) is 13.4. The number of rotatable bonds is 7. The molecule has 1 aliphatic rings. The van der Waals surface area contributed by atoms with Crippen LogP contribution in [-0.4, -0.2) is 50.9 Å². The third-order valence-corrected chi connectivity index (χ3v) is 5.86. The van der Waals surface area contributed by atoms with Gasteiger partial charge in [0.25, 0.3) is 11.8 Å². The van der Waals surface area contributed by atoms with Crippen LogP contribution >= 0.6 is 0 Å². The number of imide groups is 1. The maximum Gasteiger partial charge on any atom is 0.261 e. The van der Waals surface area contributed by atoms with E-state index in [1.807, 2.05) is 0 Å². The Morgan fingerprint density at radius 3 is 2.24 bits per heavy atom. The van der Waals surface area contributed by atoms with Gasteiger partial charge in [0.1, 0.15) is 0 Å². The summed E-state index contributed by atoms with van der Waals surface area (Å²) in [5.41, 5.74) is 1.66. The molecule has 3 rings (SSSR count). The number of carbonyl (C=O) groups excluding carboxylic acids is 3. The topological polar surface area (TPSA) is 104 Å². The fourth-order valence-electron chi connectivity index (χ4n) is 3.03. The Morgan fingerprint density at radius 2 is 1.66 bits per heavy atom. The number of anilines is 2. The number of nitrogens with zero attached hydrogens (tertiary/aromatic N) is 2. The van der Waals surface area contributed by atoms with Crippen LogP contribution in [0.5, 0.6) is 0 Å². The lowest BCUT2D eigenvalue weighted by atomic mass is 10.1. The zero-order valence-electron chi connectivity index (χ0n) is 16.1. The molecule has 152 valence electrons. The first-order chi connectivity index (χ1) is 13.7. The Kier molecular flexibility index (Phi) is 5.69. The molecule has 1 heterocycles. The predicted molar refractivity (Wildman–Crippen MR) is 109 cm³/mol. The Bertz CT molecular complexity index is 1050. The number of benzene rings is 2. The molecule has 2 aromatic rings. The predicted octanol–water partition coefficient (Wildman–Crippen LogP) is 2.10. The van der Waals surface area contributed by atoms with Crippen molar-refractivity contribution >= 4 is 39.1 Å². The molecule has 0 bridgehead atoms. The quantitative estimate of drug-likeness (QED) is 0.698. The smallest absolute Gasteiger partial charge is 0.261 e. The molecular weight excluding hydrogens is 394 g/mol. The molecule has 0 spiro atoms. The van der Waals surface area contributed by atoms with Crippen molar-refractivity contribution in [2.75, 3.05) is 29.5 Å². The Hall–Kier alpha value is -3.20. The van der Waals surface area contributed by atoms with Crippen molar-refractivity contribution < 1.29 is 22.8 Å². The molecule has 1 N–H and O–H groups in total. The van der Waals surface area contributed by atoms with Gasteiger partial charge in [-0.1, -0.05) is 18.2 Å². The van der Waals surface area contributed by atoms with Crippen LogP contribution in [0.15, 0.2) is 48.5 Å². The Morgan fingerprint density at radius 1 is 1.03 bits per heavy atom. The molecule has 8 nitrogen and oxygen atoms in total. The second-order valence-corrected chi connectivity index (χ2v) is 8.75. The van der Waals surface area contributed by atoms with Gasteiger partial charge in [-0.2, -0.15) is 0 Å². The first-order valence-electron chi connectivity index (χ1n) is 8.97. The van der Waals surface area contributed by atoms with Crippen molar-refractivity contribution in [3.8, 4) is 0 Å². The van der Waals surface area contributed by atoms with Crippen LogP contribution in [0, 0.1) is 0 Å². The van der Waals surface area contributed by atoms with E-state index in [4.69, 9.17) is 0 Å². The third-order valence-electron chi connectivity index (χ3n) is 4.65. The van der Waals surface area contributed by atoms with E-state index in [-0.39, 0.29) is 30.7 Å². The summed E-state index contributed by atoms with van der Waals surface area (Å²) in [7, 11) is -1.98. The van der Waals surface area contributed by atoms with Crippen LogP contribution in [0.4, 0.5) is 11.4 Å². The molecule has 2 aromatic carbocycles. The lowest BCUT2D eigenvalue weighted by Gasteiger charge is -2.17. The van der Waals surface area contributed by atoms with Gasteiger partial charge in [-0.25, -0.2) is 8.42 Å². The summed E-state index contributed by atoms with van der Waals surface area (Å²) in [5.74, 6) is -0.981. The molecule has 0 aromatic heterocycles. The summed E-state index contributed by atoms with van der Waals surface area (Å²) >= 11 is 0. The van der Waals surface area contributed by atoms with Gasteiger partial charge in [-0.05, 0) is 36.8 Å². The lowest BCUT2D eigenvalue weighted by molar-refractivity contribution is -0.116. The van der Waals surface area contributed by atoms with Crippen molar-refractivity contribution in [2.45, 2.75) is 12.8 Å². The van der Waals surface area contributed by atoms with Gasteiger partial charge in [-0.3, -0.25) is 23.6 Å². The lowest BCUT2D eigenvalue weighted by Crippen LogP contribution is -2.31. The fraction of sp³-hybridized carbons (Fsp3) is 0.250. The molecule has 1 aliphatic heterocycles. The van der Waals surface area contributed by atoms with E-state index >= 15 is 0 Å². The molecule has 29 heavy (non-hydrogen) atoms. The maximum atomic E-state index is 12.3. The zero-order valence-corrected chi connectivity index (χ0v) is 16.9. The molecule has 0 saturated heterocycles. The van der Waals surface area contributed by atoms with Crippen molar-refractivity contribution in [2.24, 2.45) is 0 Å². The van der Waals surface area contributed by atoms with E-state index in [0.29, 0.717) is 28.9 Å². The summed E-state index contributed by atoms with van der Waals surface area (Å²) in [6.45, 7) is 0.149. The highest BCUT2D eigenvalue weighted by Gasteiger charge is 2.34. The van der Waals surface area contributed by atoms with Crippen molar-refractivity contribution in [3.63, 3.8) is 0 Å². The minimum atomic E-state index is -3.41. The second-order valence-electron chi connectivity index (χ2n) is 6.74. The van der Waals surface area contributed by atoms with Gasteiger partial charge in [-0.15, -0.1) is 0 Å². The van der Waals surface area contributed by atoms with E-state index in [2.05, 4.69) is 5.32 Å². The van der Waals surface area contributed by atoms with Gasteiger partial charge < -0.3 is 5.32 Å². The summed E-state index contributed by atoms with van der Waals surface area (Å²) in [5, 5.41) is 2.70. The van der Waals surface area contributed by atoms with E-state index in [1.54, 1.807) is 48.5 Å². The number of hydrogen-bond acceptors (Lipinski definition) is 5. The number of hydrogen-bond donors (Lipinski definition) is 1. The number of carbonyl (C=O) groups is 3. The molecule has 9 heteroatoms. The van der Waals surface area contributed by atoms with Crippen LogP contribution in [0.25, 0.3) is 0 Å². The van der Waals surface area contributed by atoms with Crippen molar-refractivity contribution in [1.29, 1.82) is 0 Å². The number of sulfonamides is 1. The molecular formula is C20H21N3O5S. The van der Waals surface area contributed by atoms with Crippen LogP contribution in [0.1, 0.15) is 33.6 Å². The van der Waals surface area contributed by atoms with Crippen molar-refractivity contribution in [1.82, 2.24) is 4.90 Å². The van der Waals surface area contributed by atoms with Crippen LogP contribution in [0.3, 0.4) is 0 Å². The number of amides is 3. The van der Waals surface area contributed by atoms with E-state index in [1.165, 1.54) is 7.05 Å². The van der Waals surface area contributed by atoms with Crippen LogP contribution in [0.2, 0.25) is 0 Å². The third kappa shape index (κ3) is 4.45. The molecule has 3 amide bonds. The molecule has 0 radical (unpaired) electrons. The highest BCUT2D eigenvalue weighted by Crippen LogP contribution is 2.23. The maximum absolute atomic E-state index is 12.3. The van der Waals surface area contributed by atoms with Gasteiger partial charge in [0.15, 0.2) is 0 Å². The summed E-state index contributed by atoms with van der Waals surface area (Å²) < 4.78 is 24.4. The molecule has 0 atom stereocenters. The van der Waals surface area contributed by atoms with Gasteiger partial charge in [0.2, 0.25) is 15.9 Å². The minimum absolute atomic E-state index is 0.111. The summed E-state index contributed by atoms with van der Waals surface area (Å²) in [4.78, 5) is 38.0. The fourth-order valence-corrected chi connectivity index (χ4v) is 3.53. The SMILES string of the molecule is CN(c1cccc(NC(=O)CCCN2C(=O)c3ccccc3C2=O)c1)S(C)(=O)=O. The first kappa shape index (κ1) is 20.5. The largest absolute Gasteiger partial charge is 0.326 e. The van der Waals surface area contributed by atoms with E-state index < -0.39 is 10.0 Å². The minimum Gasteiger partial charge on any atom is -0.326 e. The van der Waals surface area contributed by atoms with E-state index in [9.17, 15) is 22.8 Å². The van der Waals surface area contributed by atoms with Crippen LogP contribution in [-0.2, 0) is 14.8 Å². The highest BCUT2D eigenvalue weighted by molar-refractivity contribution is 7.92. The highest BCUT2D eigenvalue weighted by atomic mass is 32.2. The van der Waals surface area contributed by atoms with E-state index in [0.717, 1.165) is 15.5 Å². The van der Waals surface area contributed by atoms with Gasteiger partial charge >= 0.3 is 0 Å². The molecule has 0 saturated carbocycles. The standard InChI is InChI=1S/C20H21N3O5S/c1-22(29(2,27)28)15-8-5-7-14(13-15)21-18(24)11-6-12-23-19(25)16-9-3-4-10-17(16)20(23)26/h3-5,7-10,13H,6,11-12H2,1-2H3,(H,21,24). The van der Waals surface area contributed by atoms with Gasteiger partial charge in [0.05, 0.1) is 23.1 Å². The van der Waals surface area contributed by atoms with Gasteiger partial charge in [0, 0.05) is 25.7 Å². The Labute approximate surface area is 169 Å². The van der Waals surface area contributed by atoms with Crippen molar-refractivity contribution in [3.05, 3.63) is 59.7 Å². The zero-order chi connectivity index (χ0) is 21.2.